The van der Waals surface area contributed by atoms with Gasteiger partial charge in [-0.05, 0) is 24.3 Å². The topological polar surface area (TPSA) is 41.9 Å². The molecule has 2 aromatic rings. The summed E-state index contributed by atoms with van der Waals surface area (Å²) in [5.41, 5.74) is 4.17. The highest BCUT2D eigenvalue weighted by Gasteiger charge is 2.38. The fourth-order valence-electron chi connectivity index (χ4n) is 3.44. The monoisotopic (exact) mass is 322 g/mol. The Balaban J connectivity index is 1.31. The van der Waals surface area contributed by atoms with Crippen molar-refractivity contribution >= 4 is 6.08 Å². The lowest BCUT2D eigenvalue weighted by Crippen LogP contribution is -2.43. The van der Waals surface area contributed by atoms with Crippen molar-refractivity contribution in [2.24, 2.45) is 5.92 Å². The molecule has 2 aliphatic rings. The van der Waals surface area contributed by atoms with E-state index in [1.54, 1.807) is 5.57 Å². The minimum atomic E-state index is 0.549. The van der Waals surface area contributed by atoms with Crippen LogP contribution in [0.25, 0.3) is 6.08 Å². The maximum atomic E-state index is 4.49. The number of benzene rings is 1. The first-order valence-electron chi connectivity index (χ1n) is 9.06. The summed E-state index contributed by atoms with van der Waals surface area (Å²) in [6.07, 6.45) is 8.95. The number of aromatic nitrogens is 2. The standard InChI is InChI=1S/C20H26N4/c1-2-17(8-15-6-4-3-5-7-15)19-9-20(19)22-10-16-11-23-24(14-16)18-12-21-13-18/h3-8,11,14,18-22H,2,9-10,12-13H2,1H3/t19-,20?/m0/s1. The smallest absolute Gasteiger partial charge is 0.0767 e. The Morgan fingerprint density at radius 3 is 2.88 bits per heavy atom. The molecule has 2 fully saturated rings. The molecular formula is C20H26N4. The second-order valence-corrected chi connectivity index (χ2v) is 6.95. The second-order valence-electron chi connectivity index (χ2n) is 6.95. The Hall–Kier alpha value is -1.91. The zero-order valence-electron chi connectivity index (χ0n) is 14.3. The molecule has 0 amide bonds. The summed E-state index contributed by atoms with van der Waals surface area (Å²) in [7, 11) is 0. The van der Waals surface area contributed by atoms with Crippen molar-refractivity contribution < 1.29 is 0 Å². The van der Waals surface area contributed by atoms with Crippen molar-refractivity contribution in [3.8, 4) is 0 Å². The quantitative estimate of drug-likeness (QED) is 0.823. The summed E-state index contributed by atoms with van der Waals surface area (Å²) in [5.74, 6) is 0.695. The van der Waals surface area contributed by atoms with Gasteiger partial charge in [0.15, 0.2) is 0 Å². The first kappa shape index (κ1) is 15.6. The van der Waals surface area contributed by atoms with Crippen LogP contribution in [0.1, 0.15) is 36.9 Å². The van der Waals surface area contributed by atoms with Gasteiger partial charge in [-0.2, -0.15) is 5.10 Å². The lowest BCUT2D eigenvalue weighted by atomic mass is 10.0. The molecule has 1 aliphatic heterocycles. The maximum absolute atomic E-state index is 4.49. The normalized spacial score (nSPS) is 24.0. The molecule has 1 saturated heterocycles. The highest BCUT2D eigenvalue weighted by Crippen LogP contribution is 2.39. The molecule has 0 spiro atoms. The molecule has 126 valence electrons. The summed E-state index contributed by atoms with van der Waals surface area (Å²) in [6, 6.07) is 11.8. The van der Waals surface area contributed by atoms with Gasteiger partial charge in [0.1, 0.15) is 0 Å². The molecule has 1 aliphatic carbocycles. The molecule has 1 aromatic carbocycles. The molecule has 4 heteroatoms. The summed E-state index contributed by atoms with van der Waals surface area (Å²) in [5, 5.41) is 11.5. The molecule has 0 radical (unpaired) electrons. The van der Waals surface area contributed by atoms with Crippen molar-refractivity contribution in [3.63, 3.8) is 0 Å². The van der Waals surface area contributed by atoms with Gasteiger partial charge >= 0.3 is 0 Å². The van der Waals surface area contributed by atoms with Crippen LogP contribution in [0.4, 0.5) is 0 Å². The minimum Gasteiger partial charge on any atom is -0.312 e. The third-order valence-corrected chi connectivity index (χ3v) is 5.18. The molecule has 2 N–H and O–H groups in total. The molecule has 2 atom stereocenters. The summed E-state index contributed by atoms with van der Waals surface area (Å²) in [4.78, 5) is 0. The number of nitrogens with one attached hydrogen (secondary N) is 2. The van der Waals surface area contributed by atoms with E-state index in [-0.39, 0.29) is 0 Å². The summed E-state index contributed by atoms with van der Waals surface area (Å²) < 4.78 is 2.10. The van der Waals surface area contributed by atoms with Crippen LogP contribution in [0.3, 0.4) is 0 Å². The van der Waals surface area contributed by atoms with Gasteiger partial charge in [0.2, 0.25) is 0 Å². The molecule has 1 unspecified atom stereocenters. The molecule has 4 nitrogen and oxygen atoms in total. The zero-order valence-corrected chi connectivity index (χ0v) is 14.3. The average molecular weight is 322 g/mol. The number of hydrogen-bond acceptors (Lipinski definition) is 3. The number of hydrogen-bond donors (Lipinski definition) is 2. The average Bonchev–Trinajstić information content (AvgIpc) is 3.20. The van der Waals surface area contributed by atoms with E-state index in [2.05, 4.69) is 69.9 Å². The Morgan fingerprint density at radius 2 is 2.17 bits per heavy atom. The highest BCUT2D eigenvalue weighted by atomic mass is 15.3. The molecule has 24 heavy (non-hydrogen) atoms. The van der Waals surface area contributed by atoms with Crippen molar-refractivity contribution in [3.05, 3.63) is 59.4 Å². The van der Waals surface area contributed by atoms with E-state index in [1.807, 2.05) is 6.20 Å². The number of rotatable bonds is 7. The lowest BCUT2D eigenvalue weighted by molar-refractivity contribution is 0.318. The first-order chi connectivity index (χ1) is 11.8. The molecule has 1 saturated carbocycles. The maximum Gasteiger partial charge on any atom is 0.0767 e. The Bertz CT molecular complexity index is 699. The van der Waals surface area contributed by atoms with E-state index in [4.69, 9.17) is 0 Å². The van der Waals surface area contributed by atoms with Gasteiger partial charge in [-0.1, -0.05) is 48.9 Å². The van der Waals surface area contributed by atoms with E-state index in [1.165, 1.54) is 17.5 Å². The predicted molar refractivity (Wildman–Crippen MR) is 97.6 cm³/mol. The predicted octanol–water partition coefficient (Wildman–Crippen LogP) is 3.00. The van der Waals surface area contributed by atoms with Crippen LogP contribution in [0.5, 0.6) is 0 Å². The lowest BCUT2D eigenvalue weighted by Gasteiger charge is -2.27. The van der Waals surface area contributed by atoms with E-state index in [0.29, 0.717) is 18.0 Å². The third-order valence-electron chi connectivity index (χ3n) is 5.18. The van der Waals surface area contributed by atoms with Gasteiger partial charge in [-0.3, -0.25) is 4.68 Å². The molecule has 1 aromatic heterocycles. The van der Waals surface area contributed by atoms with Crippen molar-refractivity contribution in [2.45, 2.75) is 38.4 Å². The van der Waals surface area contributed by atoms with Crippen LogP contribution in [-0.4, -0.2) is 28.9 Å². The van der Waals surface area contributed by atoms with Gasteiger partial charge in [0.05, 0.1) is 12.2 Å². The largest absolute Gasteiger partial charge is 0.312 e. The summed E-state index contributed by atoms with van der Waals surface area (Å²) >= 11 is 0. The molecule has 4 rings (SSSR count). The third kappa shape index (κ3) is 3.45. The first-order valence-corrected chi connectivity index (χ1v) is 9.06. The Labute approximate surface area is 144 Å². The van der Waals surface area contributed by atoms with Crippen LogP contribution in [0.2, 0.25) is 0 Å². The van der Waals surface area contributed by atoms with E-state index in [0.717, 1.165) is 26.1 Å². The van der Waals surface area contributed by atoms with Gasteiger partial charge < -0.3 is 10.6 Å². The van der Waals surface area contributed by atoms with Crippen LogP contribution < -0.4 is 10.6 Å². The molecular weight excluding hydrogens is 296 g/mol. The Morgan fingerprint density at radius 1 is 1.33 bits per heavy atom. The van der Waals surface area contributed by atoms with Crippen molar-refractivity contribution in [1.29, 1.82) is 0 Å². The van der Waals surface area contributed by atoms with Crippen molar-refractivity contribution in [2.75, 3.05) is 13.1 Å². The summed E-state index contributed by atoms with van der Waals surface area (Å²) in [6.45, 7) is 5.28. The molecule has 0 bridgehead atoms. The van der Waals surface area contributed by atoms with Crippen LogP contribution >= 0.6 is 0 Å². The van der Waals surface area contributed by atoms with Crippen molar-refractivity contribution in [1.82, 2.24) is 20.4 Å². The minimum absolute atomic E-state index is 0.549. The van der Waals surface area contributed by atoms with Gasteiger partial charge in [-0.25, -0.2) is 0 Å². The van der Waals surface area contributed by atoms with Gasteiger partial charge in [-0.15, -0.1) is 0 Å². The van der Waals surface area contributed by atoms with E-state index in [9.17, 15) is 0 Å². The van der Waals surface area contributed by atoms with Gasteiger partial charge in [0.25, 0.3) is 0 Å². The number of nitrogens with zero attached hydrogens (tertiary/aromatic N) is 2. The van der Waals surface area contributed by atoms with Gasteiger partial charge in [0, 0.05) is 37.4 Å². The Kier molecular flexibility index (Phi) is 4.50. The SMILES string of the molecule is CCC(=Cc1ccccc1)[C@@H]1CC1NCc1cnn(C2CNC2)c1. The van der Waals surface area contributed by atoms with Crippen LogP contribution in [-0.2, 0) is 6.54 Å². The zero-order chi connectivity index (χ0) is 16.4. The van der Waals surface area contributed by atoms with E-state index >= 15 is 0 Å². The highest BCUT2D eigenvalue weighted by molar-refractivity contribution is 5.54. The fourth-order valence-corrected chi connectivity index (χ4v) is 3.44. The van der Waals surface area contributed by atoms with E-state index < -0.39 is 0 Å². The van der Waals surface area contributed by atoms with Crippen LogP contribution in [0, 0.1) is 5.92 Å². The molecule has 2 heterocycles. The fraction of sp³-hybridized carbons (Fsp3) is 0.450. The second kappa shape index (κ2) is 6.91. The van der Waals surface area contributed by atoms with Crippen LogP contribution in [0.15, 0.2) is 48.3 Å².